The van der Waals surface area contributed by atoms with Gasteiger partial charge in [-0.2, -0.15) is 0 Å². The Bertz CT molecular complexity index is 773. The van der Waals surface area contributed by atoms with Gasteiger partial charge in [0.25, 0.3) is 5.91 Å². The van der Waals surface area contributed by atoms with Gasteiger partial charge in [-0.15, -0.1) is 0 Å². The van der Waals surface area contributed by atoms with E-state index in [1.54, 1.807) is 24.3 Å². The predicted octanol–water partition coefficient (Wildman–Crippen LogP) is 3.40. The van der Waals surface area contributed by atoms with Crippen LogP contribution < -0.4 is 9.47 Å². The van der Waals surface area contributed by atoms with Crippen molar-refractivity contribution in [3.63, 3.8) is 0 Å². The van der Waals surface area contributed by atoms with Gasteiger partial charge in [0.15, 0.2) is 11.5 Å². The Morgan fingerprint density at radius 1 is 1.08 bits per heavy atom. The number of nitrogens with zero attached hydrogens (tertiary/aromatic N) is 1. The molecule has 1 amide bonds. The Morgan fingerprint density at radius 2 is 1.88 bits per heavy atom. The van der Waals surface area contributed by atoms with Crippen molar-refractivity contribution in [3.8, 4) is 11.5 Å². The Balaban J connectivity index is 1.58. The van der Waals surface area contributed by atoms with Crippen molar-refractivity contribution in [3.05, 3.63) is 59.4 Å². The lowest BCUT2D eigenvalue weighted by Crippen LogP contribution is -2.32. The van der Waals surface area contributed by atoms with Gasteiger partial charge >= 0.3 is 0 Å². The van der Waals surface area contributed by atoms with Gasteiger partial charge in [-0.1, -0.05) is 12.1 Å². The second-order valence-corrected chi connectivity index (χ2v) is 6.15. The predicted molar refractivity (Wildman–Crippen MR) is 86.7 cm³/mol. The average Bonchev–Trinajstić information content (AvgIpc) is 3.44. The Hall–Kier alpha value is -2.56. The van der Waals surface area contributed by atoms with Crippen LogP contribution in [0.1, 0.15) is 28.8 Å². The summed E-state index contributed by atoms with van der Waals surface area (Å²) in [5, 5.41) is 0. The third-order valence-electron chi connectivity index (χ3n) is 4.28. The summed E-state index contributed by atoms with van der Waals surface area (Å²) in [5.74, 6) is 0.934. The highest BCUT2D eigenvalue weighted by Crippen LogP contribution is 2.34. The van der Waals surface area contributed by atoms with Crippen LogP contribution in [-0.2, 0) is 6.54 Å². The number of hydrogen-bond donors (Lipinski definition) is 0. The van der Waals surface area contributed by atoms with Crippen molar-refractivity contribution in [2.24, 2.45) is 0 Å². The fourth-order valence-electron chi connectivity index (χ4n) is 2.93. The van der Waals surface area contributed by atoms with Gasteiger partial charge in [0, 0.05) is 18.2 Å². The minimum absolute atomic E-state index is 0.0567. The number of fused-ring (bicyclic) bond motifs is 1. The minimum atomic E-state index is -0.282. The van der Waals surface area contributed by atoms with E-state index in [1.165, 1.54) is 12.1 Å². The van der Waals surface area contributed by atoms with Gasteiger partial charge in [-0.05, 0) is 48.7 Å². The molecule has 0 unspecified atom stereocenters. The topological polar surface area (TPSA) is 38.8 Å². The zero-order valence-electron chi connectivity index (χ0n) is 13.2. The van der Waals surface area contributed by atoms with Crippen LogP contribution in [0.2, 0.25) is 0 Å². The molecule has 0 atom stereocenters. The van der Waals surface area contributed by atoms with Crippen LogP contribution >= 0.6 is 0 Å². The molecule has 124 valence electrons. The summed E-state index contributed by atoms with van der Waals surface area (Å²) in [7, 11) is 0. The lowest BCUT2D eigenvalue weighted by molar-refractivity contribution is 0.0728. The maximum Gasteiger partial charge on any atom is 0.254 e. The first-order valence-corrected chi connectivity index (χ1v) is 8.16. The van der Waals surface area contributed by atoms with Crippen LogP contribution in [-0.4, -0.2) is 30.1 Å². The Kier molecular flexibility index (Phi) is 3.84. The van der Waals surface area contributed by atoms with Crippen molar-refractivity contribution in [2.75, 3.05) is 13.2 Å². The first kappa shape index (κ1) is 15.0. The molecule has 1 fully saturated rings. The summed E-state index contributed by atoms with van der Waals surface area (Å²) in [6, 6.07) is 11.9. The summed E-state index contributed by atoms with van der Waals surface area (Å²) >= 11 is 0. The largest absolute Gasteiger partial charge is 0.486 e. The van der Waals surface area contributed by atoms with Crippen molar-refractivity contribution in [1.29, 1.82) is 0 Å². The van der Waals surface area contributed by atoms with Crippen molar-refractivity contribution < 1.29 is 18.7 Å². The summed E-state index contributed by atoms with van der Waals surface area (Å²) in [5.41, 5.74) is 1.37. The smallest absolute Gasteiger partial charge is 0.254 e. The first-order valence-electron chi connectivity index (χ1n) is 8.16. The maximum absolute atomic E-state index is 13.4. The molecule has 1 aliphatic heterocycles. The van der Waals surface area contributed by atoms with Crippen molar-refractivity contribution in [1.82, 2.24) is 4.90 Å². The van der Waals surface area contributed by atoms with Gasteiger partial charge < -0.3 is 14.4 Å². The summed E-state index contributed by atoms with van der Waals surface area (Å²) < 4.78 is 24.5. The molecule has 1 heterocycles. The zero-order chi connectivity index (χ0) is 16.5. The maximum atomic E-state index is 13.4. The van der Waals surface area contributed by atoms with E-state index in [-0.39, 0.29) is 17.8 Å². The highest BCUT2D eigenvalue weighted by molar-refractivity contribution is 5.95. The quantitative estimate of drug-likeness (QED) is 0.864. The lowest BCUT2D eigenvalue weighted by atomic mass is 10.1. The van der Waals surface area contributed by atoms with Crippen LogP contribution in [0.4, 0.5) is 4.39 Å². The second-order valence-electron chi connectivity index (χ2n) is 6.15. The number of halogens is 1. The summed E-state index contributed by atoms with van der Waals surface area (Å²) in [4.78, 5) is 14.8. The molecule has 4 rings (SSSR count). The number of carbonyl (C=O) groups excluding carboxylic acids is 1. The number of hydrogen-bond acceptors (Lipinski definition) is 3. The fraction of sp³-hybridized carbons (Fsp3) is 0.316. The molecule has 2 aliphatic rings. The van der Waals surface area contributed by atoms with Crippen LogP contribution in [0.15, 0.2) is 42.5 Å². The number of carbonyl (C=O) groups is 1. The first-order chi connectivity index (χ1) is 11.7. The molecule has 5 heteroatoms. The monoisotopic (exact) mass is 327 g/mol. The number of ether oxygens (including phenoxy) is 2. The summed E-state index contributed by atoms with van der Waals surface area (Å²) in [6.07, 6.45) is 1.98. The van der Waals surface area contributed by atoms with E-state index < -0.39 is 0 Å². The van der Waals surface area contributed by atoms with Gasteiger partial charge in [0.1, 0.15) is 19.0 Å². The lowest BCUT2D eigenvalue weighted by Gasteiger charge is -2.24. The van der Waals surface area contributed by atoms with Crippen LogP contribution in [0, 0.1) is 5.82 Å². The molecule has 0 saturated heterocycles. The van der Waals surface area contributed by atoms with Crippen LogP contribution in [0.5, 0.6) is 11.5 Å². The molecular formula is C19H18FNO3. The molecule has 0 radical (unpaired) electrons. The van der Waals surface area contributed by atoms with E-state index in [0.717, 1.165) is 18.4 Å². The highest BCUT2D eigenvalue weighted by atomic mass is 19.1. The average molecular weight is 327 g/mol. The van der Waals surface area contributed by atoms with Gasteiger partial charge in [0.05, 0.1) is 0 Å². The van der Waals surface area contributed by atoms with Crippen molar-refractivity contribution in [2.45, 2.75) is 25.4 Å². The van der Waals surface area contributed by atoms with Gasteiger partial charge in [-0.25, -0.2) is 4.39 Å². The Morgan fingerprint density at radius 3 is 2.62 bits per heavy atom. The molecule has 24 heavy (non-hydrogen) atoms. The minimum Gasteiger partial charge on any atom is -0.486 e. The number of rotatable bonds is 4. The molecular weight excluding hydrogens is 309 g/mol. The molecule has 2 aromatic rings. The van der Waals surface area contributed by atoms with E-state index in [1.807, 2.05) is 11.0 Å². The zero-order valence-corrected chi connectivity index (χ0v) is 13.2. The third kappa shape index (κ3) is 3.07. The van der Waals surface area contributed by atoms with Crippen LogP contribution in [0.3, 0.4) is 0 Å². The molecule has 0 N–H and O–H groups in total. The number of benzene rings is 2. The van der Waals surface area contributed by atoms with E-state index >= 15 is 0 Å². The molecule has 2 aromatic carbocycles. The normalized spacial score (nSPS) is 15.9. The molecule has 0 bridgehead atoms. The standard InChI is InChI=1S/C19H18FNO3/c20-15-3-1-2-13(10-15)12-21(16-5-6-16)19(22)14-4-7-17-18(11-14)24-9-8-23-17/h1-4,7,10-11,16H,5-6,8-9,12H2. The molecule has 4 nitrogen and oxygen atoms in total. The molecule has 1 aliphatic carbocycles. The summed E-state index contributed by atoms with van der Waals surface area (Å²) in [6.45, 7) is 1.42. The number of amides is 1. The molecule has 1 saturated carbocycles. The fourth-order valence-corrected chi connectivity index (χ4v) is 2.93. The highest BCUT2D eigenvalue weighted by Gasteiger charge is 2.33. The van der Waals surface area contributed by atoms with Crippen molar-refractivity contribution >= 4 is 5.91 Å². The Labute approximate surface area is 139 Å². The van der Waals surface area contributed by atoms with Crippen LogP contribution in [0.25, 0.3) is 0 Å². The molecule has 0 aromatic heterocycles. The molecule has 0 spiro atoms. The van der Waals surface area contributed by atoms with E-state index in [2.05, 4.69) is 0 Å². The second kappa shape index (κ2) is 6.15. The SMILES string of the molecule is O=C(c1ccc2c(c1)OCCO2)N(Cc1cccc(F)c1)C1CC1. The third-order valence-corrected chi connectivity index (χ3v) is 4.28. The van der Waals surface area contributed by atoms with E-state index in [9.17, 15) is 9.18 Å². The van der Waals surface area contributed by atoms with E-state index in [4.69, 9.17) is 9.47 Å². The van der Waals surface area contributed by atoms with E-state index in [0.29, 0.717) is 36.8 Å². The van der Waals surface area contributed by atoms with Gasteiger partial charge in [-0.3, -0.25) is 4.79 Å². The van der Waals surface area contributed by atoms with Gasteiger partial charge in [0.2, 0.25) is 0 Å².